The number of hydrogen-bond donors (Lipinski definition) is 3. The molecule has 0 bridgehead atoms. The summed E-state index contributed by atoms with van der Waals surface area (Å²) in [7, 11) is 1.64. The number of methoxy groups -OCH3 is 1. The Hall–Kier alpha value is -2.34. The lowest BCUT2D eigenvalue weighted by atomic mass is 10.2. The van der Waals surface area contributed by atoms with Gasteiger partial charge in [-0.1, -0.05) is 19.9 Å². The van der Waals surface area contributed by atoms with Crippen LogP contribution in [-0.2, 0) is 0 Å². The molecule has 6 heteroatoms. The monoisotopic (exact) mass is 287 g/mol. The number of hydrogen-bond acceptors (Lipinski definition) is 6. The summed E-state index contributed by atoms with van der Waals surface area (Å²) < 4.78 is 5.22. The largest absolute Gasteiger partial charge is 0.497 e. The fourth-order valence-electron chi connectivity index (χ4n) is 1.89. The van der Waals surface area contributed by atoms with Crippen molar-refractivity contribution >= 4 is 17.3 Å². The fraction of sp³-hybridized carbons (Fsp3) is 0.333. The number of hydrazine groups is 1. The zero-order valence-corrected chi connectivity index (χ0v) is 12.8. The zero-order valence-electron chi connectivity index (χ0n) is 12.8. The molecule has 4 N–H and O–H groups in total. The van der Waals surface area contributed by atoms with Crippen molar-refractivity contribution in [1.29, 1.82) is 0 Å². The maximum absolute atomic E-state index is 5.54. The minimum Gasteiger partial charge on any atom is -0.497 e. The van der Waals surface area contributed by atoms with E-state index in [0.29, 0.717) is 5.82 Å². The average molecular weight is 287 g/mol. The molecule has 0 radical (unpaired) electrons. The Kier molecular flexibility index (Phi) is 4.59. The van der Waals surface area contributed by atoms with Crippen LogP contribution in [0.5, 0.6) is 5.75 Å². The van der Waals surface area contributed by atoms with Gasteiger partial charge in [-0.3, -0.25) is 0 Å². The maximum Gasteiger partial charge on any atom is 0.148 e. The molecule has 0 saturated carbocycles. The number of anilines is 3. The van der Waals surface area contributed by atoms with Crippen LogP contribution in [-0.4, -0.2) is 17.1 Å². The molecule has 0 amide bonds. The smallest absolute Gasteiger partial charge is 0.148 e. The van der Waals surface area contributed by atoms with E-state index >= 15 is 0 Å². The van der Waals surface area contributed by atoms with E-state index in [1.165, 1.54) is 0 Å². The van der Waals surface area contributed by atoms with Crippen LogP contribution in [0.4, 0.5) is 17.3 Å². The third-order valence-electron chi connectivity index (χ3n) is 3.15. The first-order chi connectivity index (χ1) is 10.0. The lowest BCUT2D eigenvalue weighted by Gasteiger charge is -2.15. The molecular weight excluding hydrogens is 266 g/mol. The highest BCUT2D eigenvalue weighted by molar-refractivity contribution is 5.65. The molecule has 0 fully saturated rings. The number of rotatable bonds is 5. The van der Waals surface area contributed by atoms with Crippen LogP contribution in [0.15, 0.2) is 24.3 Å². The molecule has 0 saturated heterocycles. The first-order valence-electron chi connectivity index (χ1n) is 6.81. The standard InChI is InChI=1S/C15H21N5O/c1-9(2)13-18-14(10(3)15(19-13)20-16)17-11-6-5-7-12(8-11)21-4/h5-9H,16H2,1-4H3,(H2,17,18,19,20). The van der Waals surface area contributed by atoms with Crippen LogP contribution in [0.3, 0.4) is 0 Å². The lowest BCUT2D eigenvalue weighted by Crippen LogP contribution is -2.14. The molecule has 0 aliphatic rings. The molecule has 0 aliphatic carbocycles. The Labute approximate surface area is 124 Å². The average Bonchev–Trinajstić information content (AvgIpc) is 2.49. The van der Waals surface area contributed by atoms with Crippen molar-refractivity contribution < 1.29 is 4.74 Å². The third kappa shape index (κ3) is 3.41. The summed E-state index contributed by atoms with van der Waals surface area (Å²) in [5.41, 5.74) is 4.39. The number of aromatic nitrogens is 2. The molecule has 2 rings (SSSR count). The van der Waals surface area contributed by atoms with Crippen LogP contribution >= 0.6 is 0 Å². The second-order valence-corrected chi connectivity index (χ2v) is 5.06. The Morgan fingerprint density at radius 3 is 2.52 bits per heavy atom. The van der Waals surface area contributed by atoms with Crippen molar-refractivity contribution in [2.45, 2.75) is 26.7 Å². The van der Waals surface area contributed by atoms with Crippen molar-refractivity contribution in [1.82, 2.24) is 9.97 Å². The van der Waals surface area contributed by atoms with Crippen LogP contribution in [0.25, 0.3) is 0 Å². The van der Waals surface area contributed by atoms with Crippen molar-refractivity contribution in [3.05, 3.63) is 35.7 Å². The molecule has 0 atom stereocenters. The van der Waals surface area contributed by atoms with Gasteiger partial charge in [0.05, 0.1) is 7.11 Å². The van der Waals surface area contributed by atoms with Gasteiger partial charge in [0.15, 0.2) is 0 Å². The third-order valence-corrected chi connectivity index (χ3v) is 3.15. The molecule has 1 aromatic carbocycles. The predicted octanol–water partition coefficient (Wildman–Crippen LogP) is 2.95. The van der Waals surface area contributed by atoms with E-state index in [0.717, 1.165) is 28.6 Å². The van der Waals surface area contributed by atoms with Gasteiger partial charge >= 0.3 is 0 Å². The van der Waals surface area contributed by atoms with E-state index in [4.69, 9.17) is 10.6 Å². The van der Waals surface area contributed by atoms with Crippen molar-refractivity contribution in [2.24, 2.45) is 5.84 Å². The van der Waals surface area contributed by atoms with Crippen LogP contribution in [0.1, 0.15) is 31.2 Å². The lowest BCUT2D eigenvalue weighted by molar-refractivity contribution is 0.415. The fourth-order valence-corrected chi connectivity index (χ4v) is 1.89. The number of nitrogens with zero attached hydrogens (tertiary/aromatic N) is 2. The minimum atomic E-state index is 0.212. The van der Waals surface area contributed by atoms with Crippen LogP contribution in [0.2, 0.25) is 0 Å². The SMILES string of the molecule is COc1cccc(Nc2nc(C(C)C)nc(NN)c2C)c1. The summed E-state index contributed by atoms with van der Waals surface area (Å²) in [6, 6.07) is 7.67. The number of ether oxygens (including phenoxy) is 1. The highest BCUT2D eigenvalue weighted by Gasteiger charge is 2.12. The molecule has 0 spiro atoms. The van der Waals surface area contributed by atoms with E-state index in [1.54, 1.807) is 7.11 Å². The summed E-state index contributed by atoms with van der Waals surface area (Å²) in [4.78, 5) is 8.99. The summed E-state index contributed by atoms with van der Waals surface area (Å²) in [5.74, 6) is 8.63. The quantitative estimate of drug-likeness (QED) is 0.579. The van der Waals surface area contributed by atoms with Gasteiger partial charge in [0.25, 0.3) is 0 Å². The Balaban J connectivity index is 2.40. The van der Waals surface area contributed by atoms with Gasteiger partial charge in [0.1, 0.15) is 23.2 Å². The van der Waals surface area contributed by atoms with E-state index in [9.17, 15) is 0 Å². The maximum atomic E-state index is 5.54. The topological polar surface area (TPSA) is 85.1 Å². The van der Waals surface area contributed by atoms with Crippen molar-refractivity contribution in [3.8, 4) is 5.75 Å². The summed E-state index contributed by atoms with van der Waals surface area (Å²) in [6.45, 7) is 6.00. The van der Waals surface area contributed by atoms with E-state index in [2.05, 4.69) is 20.7 Å². The van der Waals surface area contributed by atoms with E-state index in [1.807, 2.05) is 45.0 Å². The second-order valence-electron chi connectivity index (χ2n) is 5.06. The van der Waals surface area contributed by atoms with Gasteiger partial charge in [0.2, 0.25) is 0 Å². The molecule has 1 heterocycles. The van der Waals surface area contributed by atoms with Gasteiger partial charge in [-0.2, -0.15) is 0 Å². The van der Waals surface area contributed by atoms with Crippen molar-refractivity contribution in [3.63, 3.8) is 0 Å². The summed E-state index contributed by atoms with van der Waals surface area (Å²) >= 11 is 0. The number of nitrogens with one attached hydrogen (secondary N) is 2. The molecule has 6 nitrogen and oxygen atoms in total. The second kappa shape index (κ2) is 6.41. The summed E-state index contributed by atoms with van der Waals surface area (Å²) in [6.07, 6.45) is 0. The minimum absolute atomic E-state index is 0.212. The molecule has 112 valence electrons. The molecular formula is C15H21N5O. The Bertz CT molecular complexity index is 627. The highest BCUT2D eigenvalue weighted by atomic mass is 16.5. The van der Waals surface area contributed by atoms with Gasteiger partial charge in [-0.25, -0.2) is 15.8 Å². The number of nitrogens with two attached hydrogens (primary N) is 1. The van der Waals surface area contributed by atoms with Crippen LogP contribution in [0, 0.1) is 6.92 Å². The molecule has 2 aromatic rings. The van der Waals surface area contributed by atoms with Crippen LogP contribution < -0.4 is 21.3 Å². The predicted molar refractivity (Wildman–Crippen MR) is 84.9 cm³/mol. The van der Waals surface area contributed by atoms with Gasteiger partial charge in [-0.05, 0) is 19.1 Å². The molecule has 21 heavy (non-hydrogen) atoms. The van der Waals surface area contributed by atoms with Crippen molar-refractivity contribution in [2.75, 3.05) is 17.9 Å². The van der Waals surface area contributed by atoms with Gasteiger partial charge in [0, 0.05) is 23.2 Å². The van der Waals surface area contributed by atoms with E-state index < -0.39 is 0 Å². The number of benzene rings is 1. The van der Waals surface area contributed by atoms with Gasteiger partial charge in [-0.15, -0.1) is 0 Å². The molecule has 0 aliphatic heterocycles. The Morgan fingerprint density at radius 2 is 1.90 bits per heavy atom. The first kappa shape index (κ1) is 15.1. The highest BCUT2D eigenvalue weighted by Crippen LogP contribution is 2.26. The summed E-state index contributed by atoms with van der Waals surface area (Å²) in [5, 5.41) is 3.29. The molecule has 1 aromatic heterocycles. The van der Waals surface area contributed by atoms with Gasteiger partial charge < -0.3 is 15.5 Å². The zero-order chi connectivity index (χ0) is 15.4. The molecule has 0 unspecified atom stereocenters. The normalized spacial score (nSPS) is 10.6. The number of nitrogen functional groups attached to an aromatic ring is 1. The Morgan fingerprint density at radius 1 is 1.19 bits per heavy atom. The van der Waals surface area contributed by atoms with E-state index in [-0.39, 0.29) is 5.92 Å². The first-order valence-corrected chi connectivity index (χ1v) is 6.81.